The molecule has 1 aromatic carbocycles. The predicted octanol–water partition coefficient (Wildman–Crippen LogP) is 1.61. The number of sulfonamides is 1. The van der Waals surface area contributed by atoms with Gasteiger partial charge >= 0.3 is 6.03 Å². The maximum Gasteiger partial charge on any atom is 0.320 e. The summed E-state index contributed by atoms with van der Waals surface area (Å²) in [6.45, 7) is 7.07. The van der Waals surface area contributed by atoms with Crippen LogP contribution in [-0.4, -0.2) is 68.5 Å². The van der Waals surface area contributed by atoms with E-state index in [-0.39, 0.29) is 10.9 Å². The third-order valence-corrected chi connectivity index (χ3v) is 5.60. The van der Waals surface area contributed by atoms with E-state index in [1.807, 2.05) is 13.8 Å². The highest BCUT2D eigenvalue weighted by Gasteiger charge is 2.26. The first kappa shape index (κ1) is 19.0. The van der Waals surface area contributed by atoms with Gasteiger partial charge in [0.1, 0.15) is 0 Å². The monoisotopic (exact) mass is 374 g/mol. The molecule has 1 aliphatic rings. The average molecular weight is 375 g/mol. The zero-order chi connectivity index (χ0) is 17.7. The Morgan fingerprint density at radius 2 is 1.67 bits per heavy atom. The van der Waals surface area contributed by atoms with Crippen LogP contribution in [0.2, 0.25) is 5.02 Å². The van der Waals surface area contributed by atoms with Gasteiger partial charge in [0, 0.05) is 44.3 Å². The lowest BCUT2D eigenvalue weighted by atomic mass is 10.3. The number of hydrazine groups is 1. The van der Waals surface area contributed by atoms with Crippen LogP contribution in [0.25, 0.3) is 0 Å². The number of halogens is 1. The van der Waals surface area contributed by atoms with Crippen LogP contribution in [0.1, 0.15) is 13.8 Å². The first-order chi connectivity index (χ1) is 11.4. The minimum Gasteiger partial charge on any atom is -0.325 e. The highest BCUT2D eigenvalue weighted by molar-refractivity contribution is 7.89. The van der Waals surface area contributed by atoms with Crippen molar-refractivity contribution in [1.82, 2.24) is 19.6 Å². The van der Waals surface area contributed by atoms with Crippen molar-refractivity contribution >= 4 is 27.7 Å². The minimum absolute atomic E-state index is 0.000193. The molecule has 1 aromatic rings. The van der Waals surface area contributed by atoms with Crippen LogP contribution >= 0.6 is 11.6 Å². The van der Waals surface area contributed by atoms with Gasteiger partial charge in [0.15, 0.2) is 0 Å². The quantitative estimate of drug-likeness (QED) is 0.849. The van der Waals surface area contributed by atoms with Crippen molar-refractivity contribution in [2.75, 3.05) is 39.3 Å². The van der Waals surface area contributed by atoms with Gasteiger partial charge in [0.05, 0.1) is 4.90 Å². The SMILES string of the molecule is CCN(CC)C(=O)N1CCN(NS(=O)(=O)c2ccc(Cl)cc2)CC1. The molecule has 0 spiro atoms. The number of urea groups is 1. The Hall–Kier alpha value is -1.35. The minimum atomic E-state index is -3.64. The molecular formula is C15H23ClN4O3S. The summed E-state index contributed by atoms with van der Waals surface area (Å²) in [5, 5.41) is 2.10. The van der Waals surface area contributed by atoms with Gasteiger partial charge in [-0.1, -0.05) is 11.6 Å². The van der Waals surface area contributed by atoms with Crippen LogP contribution in [0.4, 0.5) is 4.79 Å². The highest BCUT2D eigenvalue weighted by Crippen LogP contribution is 2.14. The third kappa shape index (κ3) is 4.60. The van der Waals surface area contributed by atoms with Crippen molar-refractivity contribution in [2.24, 2.45) is 0 Å². The molecule has 0 radical (unpaired) electrons. The number of nitrogens with one attached hydrogen (secondary N) is 1. The van der Waals surface area contributed by atoms with Crippen molar-refractivity contribution in [2.45, 2.75) is 18.7 Å². The standard InChI is InChI=1S/C15H23ClN4O3S/c1-3-18(4-2)15(21)19-9-11-20(12-10-19)17-24(22,23)14-7-5-13(16)6-8-14/h5-8,17H,3-4,9-12H2,1-2H3. The van der Waals surface area contributed by atoms with Gasteiger partial charge in [-0.2, -0.15) is 0 Å². The fourth-order valence-corrected chi connectivity index (χ4v) is 3.77. The molecule has 134 valence electrons. The molecular weight excluding hydrogens is 352 g/mol. The van der Waals surface area contributed by atoms with E-state index in [0.29, 0.717) is 44.3 Å². The molecule has 0 aliphatic carbocycles. The molecule has 1 heterocycles. The predicted molar refractivity (Wildman–Crippen MR) is 93.2 cm³/mol. The molecule has 0 saturated carbocycles. The summed E-state index contributed by atoms with van der Waals surface area (Å²) in [7, 11) is -3.64. The molecule has 1 N–H and O–H groups in total. The van der Waals surface area contributed by atoms with E-state index in [9.17, 15) is 13.2 Å². The number of benzene rings is 1. The van der Waals surface area contributed by atoms with Gasteiger partial charge < -0.3 is 9.80 Å². The van der Waals surface area contributed by atoms with Gasteiger partial charge in [-0.25, -0.2) is 18.2 Å². The number of carbonyl (C=O) groups is 1. The summed E-state index contributed by atoms with van der Waals surface area (Å²) in [4.78, 5) is 18.5. The topological polar surface area (TPSA) is 73.0 Å². The van der Waals surface area contributed by atoms with Crippen LogP contribution in [-0.2, 0) is 10.0 Å². The molecule has 7 nitrogen and oxygen atoms in total. The number of amides is 2. The third-order valence-electron chi connectivity index (χ3n) is 3.96. The van der Waals surface area contributed by atoms with Crippen molar-refractivity contribution < 1.29 is 13.2 Å². The fourth-order valence-electron chi connectivity index (χ4n) is 2.52. The Kier molecular flexibility index (Phi) is 6.45. The van der Waals surface area contributed by atoms with Crippen LogP contribution in [0.5, 0.6) is 0 Å². The smallest absolute Gasteiger partial charge is 0.320 e. The molecule has 1 aliphatic heterocycles. The van der Waals surface area contributed by atoms with E-state index in [2.05, 4.69) is 4.83 Å². The van der Waals surface area contributed by atoms with E-state index in [1.54, 1.807) is 14.8 Å². The molecule has 24 heavy (non-hydrogen) atoms. The van der Waals surface area contributed by atoms with Crippen molar-refractivity contribution in [3.05, 3.63) is 29.3 Å². The number of hydrogen-bond donors (Lipinski definition) is 1. The Labute approximate surface area is 148 Å². The molecule has 0 atom stereocenters. The maximum absolute atomic E-state index is 12.3. The molecule has 1 saturated heterocycles. The average Bonchev–Trinajstić information content (AvgIpc) is 2.56. The van der Waals surface area contributed by atoms with E-state index < -0.39 is 10.0 Å². The number of rotatable bonds is 5. The lowest BCUT2D eigenvalue weighted by molar-refractivity contribution is 0.105. The summed E-state index contributed by atoms with van der Waals surface area (Å²) in [6, 6.07) is 6.00. The van der Waals surface area contributed by atoms with Gasteiger partial charge in [0.2, 0.25) is 0 Å². The molecule has 9 heteroatoms. The van der Waals surface area contributed by atoms with Crippen LogP contribution in [0, 0.1) is 0 Å². The summed E-state index contributed by atoms with van der Waals surface area (Å²) in [6.07, 6.45) is 0. The number of piperazine rings is 1. The lowest BCUT2D eigenvalue weighted by Gasteiger charge is -2.36. The van der Waals surface area contributed by atoms with Crippen LogP contribution in [0.15, 0.2) is 29.2 Å². The van der Waals surface area contributed by atoms with E-state index >= 15 is 0 Å². The zero-order valence-electron chi connectivity index (χ0n) is 13.9. The molecule has 2 amide bonds. The second kappa shape index (κ2) is 8.15. The molecule has 0 unspecified atom stereocenters. The summed E-state index contributed by atoms with van der Waals surface area (Å²) >= 11 is 5.78. The Balaban J connectivity index is 1.93. The number of carbonyl (C=O) groups excluding carboxylic acids is 1. The van der Waals surface area contributed by atoms with Crippen molar-refractivity contribution in [1.29, 1.82) is 0 Å². The van der Waals surface area contributed by atoms with Crippen molar-refractivity contribution in [3.8, 4) is 0 Å². The van der Waals surface area contributed by atoms with Gasteiger partial charge in [-0.15, -0.1) is 4.83 Å². The number of hydrogen-bond acceptors (Lipinski definition) is 4. The highest BCUT2D eigenvalue weighted by atomic mass is 35.5. The maximum atomic E-state index is 12.3. The first-order valence-electron chi connectivity index (χ1n) is 7.94. The second-order valence-electron chi connectivity index (χ2n) is 5.48. The molecule has 0 aromatic heterocycles. The summed E-state index contributed by atoms with van der Waals surface area (Å²) < 4.78 is 24.7. The lowest BCUT2D eigenvalue weighted by Crippen LogP contribution is -2.56. The normalized spacial score (nSPS) is 16.2. The molecule has 2 rings (SSSR count). The molecule has 1 fully saturated rings. The second-order valence-corrected chi connectivity index (χ2v) is 7.57. The Bertz CT molecular complexity index is 654. The van der Waals surface area contributed by atoms with Gasteiger partial charge in [-0.3, -0.25) is 0 Å². The Morgan fingerprint density at radius 1 is 1.12 bits per heavy atom. The Morgan fingerprint density at radius 3 is 2.17 bits per heavy atom. The van der Waals surface area contributed by atoms with Crippen LogP contribution < -0.4 is 4.83 Å². The fraction of sp³-hybridized carbons (Fsp3) is 0.533. The van der Waals surface area contributed by atoms with E-state index in [4.69, 9.17) is 11.6 Å². The van der Waals surface area contributed by atoms with E-state index in [1.165, 1.54) is 24.3 Å². The van der Waals surface area contributed by atoms with Gasteiger partial charge in [-0.05, 0) is 38.1 Å². The van der Waals surface area contributed by atoms with Crippen molar-refractivity contribution in [3.63, 3.8) is 0 Å². The van der Waals surface area contributed by atoms with Crippen LogP contribution in [0.3, 0.4) is 0 Å². The van der Waals surface area contributed by atoms with E-state index in [0.717, 1.165) is 0 Å². The van der Waals surface area contributed by atoms with Gasteiger partial charge in [0.25, 0.3) is 10.0 Å². The summed E-state index contributed by atoms with van der Waals surface area (Å²) in [5.74, 6) is 0. The molecule has 0 bridgehead atoms. The number of nitrogens with zero attached hydrogens (tertiary/aromatic N) is 3. The zero-order valence-corrected chi connectivity index (χ0v) is 15.5. The summed E-state index contributed by atoms with van der Waals surface area (Å²) in [5.41, 5.74) is 0. The largest absolute Gasteiger partial charge is 0.325 e. The first-order valence-corrected chi connectivity index (χ1v) is 9.80.